The van der Waals surface area contributed by atoms with Gasteiger partial charge in [0.15, 0.2) is 0 Å². The van der Waals surface area contributed by atoms with Crippen LogP contribution in [-0.4, -0.2) is 8.42 Å². The zero-order valence-electron chi connectivity index (χ0n) is 9.30. The smallest absolute Gasteiger partial charge is 0.261 e. The Kier molecular flexibility index (Phi) is 3.20. The minimum Gasteiger partial charge on any atom is -0.396 e. The molecule has 0 saturated heterocycles. The summed E-state index contributed by atoms with van der Waals surface area (Å²) >= 11 is 0. The first-order chi connectivity index (χ1) is 8.49. The molecule has 0 unspecified atom stereocenters. The SMILES string of the molecule is Nc1cc(S(=O)(=O)Nc2ccccc2)ccc1F. The van der Waals surface area contributed by atoms with Gasteiger partial charge in [0.1, 0.15) is 5.82 Å². The Labute approximate surface area is 104 Å². The third kappa shape index (κ3) is 2.60. The van der Waals surface area contributed by atoms with E-state index in [1.54, 1.807) is 30.3 Å². The molecule has 2 aromatic rings. The highest BCUT2D eigenvalue weighted by Crippen LogP contribution is 2.19. The lowest BCUT2D eigenvalue weighted by Crippen LogP contribution is -2.13. The number of nitrogens with one attached hydrogen (secondary N) is 1. The van der Waals surface area contributed by atoms with Crippen LogP contribution in [0.5, 0.6) is 0 Å². The van der Waals surface area contributed by atoms with Gasteiger partial charge in [-0.3, -0.25) is 4.72 Å². The van der Waals surface area contributed by atoms with E-state index >= 15 is 0 Å². The van der Waals surface area contributed by atoms with Crippen molar-refractivity contribution in [1.29, 1.82) is 0 Å². The van der Waals surface area contributed by atoms with E-state index in [4.69, 9.17) is 5.73 Å². The molecule has 0 amide bonds. The number of hydrogen-bond acceptors (Lipinski definition) is 3. The van der Waals surface area contributed by atoms with E-state index in [-0.39, 0.29) is 10.6 Å². The minimum atomic E-state index is -3.75. The molecule has 0 aliphatic rings. The normalized spacial score (nSPS) is 11.2. The Bertz CT molecular complexity index is 657. The maximum absolute atomic E-state index is 13.0. The van der Waals surface area contributed by atoms with Crippen molar-refractivity contribution in [1.82, 2.24) is 0 Å². The van der Waals surface area contributed by atoms with Gasteiger partial charge in [-0.15, -0.1) is 0 Å². The third-order valence-electron chi connectivity index (χ3n) is 2.30. The number of nitrogens with two attached hydrogens (primary N) is 1. The Morgan fingerprint density at radius 1 is 1.06 bits per heavy atom. The molecule has 2 aromatic carbocycles. The second-order valence-electron chi connectivity index (χ2n) is 3.65. The van der Waals surface area contributed by atoms with Gasteiger partial charge in [-0.2, -0.15) is 0 Å². The molecule has 0 aliphatic carbocycles. The van der Waals surface area contributed by atoms with Crippen molar-refractivity contribution in [3.8, 4) is 0 Å². The number of sulfonamides is 1. The zero-order chi connectivity index (χ0) is 13.2. The van der Waals surface area contributed by atoms with Crippen LogP contribution in [0.15, 0.2) is 53.4 Å². The lowest BCUT2D eigenvalue weighted by Gasteiger charge is -2.08. The van der Waals surface area contributed by atoms with Crippen LogP contribution in [0.3, 0.4) is 0 Å². The molecule has 2 rings (SSSR count). The van der Waals surface area contributed by atoms with Crippen molar-refractivity contribution in [2.75, 3.05) is 10.5 Å². The van der Waals surface area contributed by atoms with Crippen LogP contribution < -0.4 is 10.5 Å². The predicted octanol–water partition coefficient (Wildman–Crippen LogP) is 2.21. The van der Waals surface area contributed by atoms with Crippen LogP contribution in [0.1, 0.15) is 0 Å². The van der Waals surface area contributed by atoms with Gasteiger partial charge in [-0.05, 0) is 30.3 Å². The highest BCUT2D eigenvalue weighted by molar-refractivity contribution is 7.92. The van der Waals surface area contributed by atoms with E-state index in [2.05, 4.69) is 4.72 Å². The first-order valence-electron chi connectivity index (χ1n) is 5.12. The molecule has 0 aromatic heterocycles. The van der Waals surface area contributed by atoms with E-state index < -0.39 is 15.8 Å². The number of para-hydroxylation sites is 1. The fraction of sp³-hybridized carbons (Fsp3) is 0. The van der Waals surface area contributed by atoms with Gasteiger partial charge < -0.3 is 5.73 Å². The third-order valence-corrected chi connectivity index (χ3v) is 3.68. The molecular formula is C12H11FN2O2S. The van der Waals surface area contributed by atoms with Crippen LogP contribution in [0, 0.1) is 5.82 Å². The number of rotatable bonds is 3. The van der Waals surface area contributed by atoms with Crippen molar-refractivity contribution >= 4 is 21.4 Å². The molecule has 4 nitrogen and oxygen atoms in total. The van der Waals surface area contributed by atoms with Gasteiger partial charge in [0.2, 0.25) is 0 Å². The van der Waals surface area contributed by atoms with E-state index in [1.165, 1.54) is 0 Å². The molecule has 0 saturated carbocycles. The zero-order valence-corrected chi connectivity index (χ0v) is 10.1. The Balaban J connectivity index is 2.34. The van der Waals surface area contributed by atoms with E-state index in [0.717, 1.165) is 18.2 Å². The average molecular weight is 266 g/mol. The molecule has 0 bridgehead atoms. The fourth-order valence-corrected chi connectivity index (χ4v) is 2.50. The van der Waals surface area contributed by atoms with Crippen molar-refractivity contribution in [3.05, 3.63) is 54.3 Å². The van der Waals surface area contributed by atoms with Crippen molar-refractivity contribution in [3.63, 3.8) is 0 Å². The molecule has 0 aliphatic heterocycles. The van der Waals surface area contributed by atoms with Gasteiger partial charge in [-0.1, -0.05) is 18.2 Å². The number of hydrogen-bond donors (Lipinski definition) is 2. The van der Waals surface area contributed by atoms with Gasteiger partial charge in [0.05, 0.1) is 10.6 Å². The largest absolute Gasteiger partial charge is 0.396 e. The van der Waals surface area contributed by atoms with Crippen LogP contribution in [0.4, 0.5) is 15.8 Å². The maximum atomic E-state index is 13.0. The number of benzene rings is 2. The van der Waals surface area contributed by atoms with Crippen molar-refractivity contribution in [2.45, 2.75) is 4.90 Å². The second-order valence-corrected chi connectivity index (χ2v) is 5.34. The minimum absolute atomic E-state index is 0.0785. The predicted molar refractivity (Wildman–Crippen MR) is 68.1 cm³/mol. The van der Waals surface area contributed by atoms with E-state index in [0.29, 0.717) is 5.69 Å². The second kappa shape index (κ2) is 4.66. The summed E-state index contributed by atoms with van der Waals surface area (Å²) in [5.41, 5.74) is 5.57. The monoisotopic (exact) mass is 266 g/mol. The van der Waals surface area contributed by atoms with E-state index in [1.807, 2.05) is 0 Å². The van der Waals surface area contributed by atoms with Gasteiger partial charge in [0, 0.05) is 5.69 Å². The summed E-state index contributed by atoms with van der Waals surface area (Å²) in [4.78, 5) is -0.0785. The summed E-state index contributed by atoms with van der Waals surface area (Å²) in [6.07, 6.45) is 0. The topological polar surface area (TPSA) is 72.2 Å². The lowest BCUT2D eigenvalue weighted by atomic mass is 10.3. The molecule has 0 radical (unpaired) electrons. The van der Waals surface area contributed by atoms with Crippen molar-refractivity contribution in [2.24, 2.45) is 0 Å². The first kappa shape index (κ1) is 12.4. The summed E-state index contributed by atoms with van der Waals surface area (Å²) < 4.78 is 39.3. The first-order valence-corrected chi connectivity index (χ1v) is 6.60. The molecule has 3 N–H and O–H groups in total. The Hall–Kier alpha value is -2.08. The highest BCUT2D eigenvalue weighted by Gasteiger charge is 2.15. The Morgan fingerprint density at radius 2 is 1.72 bits per heavy atom. The molecule has 94 valence electrons. The van der Waals surface area contributed by atoms with Crippen LogP contribution in [0.2, 0.25) is 0 Å². The molecule has 18 heavy (non-hydrogen) atoms. The van der Waals surface area contributed by atoms with Gasteiger partial charge >= 0.3 is 0 Å². The van der Waals surface area contributed by atoms with Crippen molar-refractivity contribution < 1.29 is 12.8 Å². The number of anilines is 2. The summed E-state index contributed by atoms with van der Waals surface area (Å²) in [6.45, 7) is 0. The average Bonchev–Trinajstić information content (AvgIpc) is 2.33. The molecule has 0 fully saturated rings. The lowest BCUT2D eigenvalue weighted by molar-refractivity contribution is 0.600. The number of halogens is 1. The maximum Gasteiger partial charge on any atom is 0.261 e. The van der Waals surface area contributed by atoms with Crippen LogP contribution in [0.25, 0.3) is 0 Å². The Morgan fingerprint density at radius 3 is 2.33 bits per heavy atom. The summed E-state index contributed by atoms with van der Waals surface area (Å²) in [5.74, 6) is -0.645. The molecule has 0 atom stereocenters. The summed E-state index contributed by atoms with van der Waals surface area (Å²) in [5, 5.41) is 0. The van der Waals surface area contributed by atoms with Gasteiger partial charge in [-0.25, -0.2) is 12.8 Å². The van der Waals surface area contributed by atoms with Crippen LogP contribution >= 0.6 is 0 Å². The molecule has 0 spiro atoms. The quantitative estimate of drug-likeness (QED) is 0.837. The summed E-state index contributed by atoms with van der Waals surface area (Å²) in [7, 11) is -3.75. The summed E-state index contributed by atoms with van der Waals surface area (Å²) in [6, 6.07) is 11.7. The molecular weight excluding hydrogens is 255 g/mol. The molecule has 0 heterocycles. The fourth-order valence-electron chi connectivity index (χ4n) is 1.41. The molecule has 6 heteroatoms. The van der Waals surface area contributed by atoms with E-state index in [9.17, 15) is 12.8 Å². The van der Waals surface area contributed by atoms with Crippen LogP contribution in [-0.2, 0) is 10.0 Å². The highest BCUT2D eigenvalue weighted by atomic mass is 32.2. The van der Waals surface area contributed by atoms with Gasteiger partial charge in [0.25, 0.3) is 10.0 Å². The number of nitrogen functional groups attached to an aromatic ring is 1. The standard InChI is InChI=1S/C12H11FN2O2S/c13-11-7-6-10(8-12(11)14)18(16,17)15-9-4-2-1-3-5-9/h1-8,15H,14H2.